The summed E-state index contributed by atoms with van der Waals surface area (Å²) in [5, 5.41) is 12.7. The average molecular weight is 341 g/mol. The minimum atomic E-state index is -0.219. The van der Waals surface area contributed by atoms with Gasteiger partial charge in [-0.05, 0) is 56.6 Å². The van der Waals surface area contributed by atoms with E-state index in [4.69, 9.17) is 0 Å². The zero-order valence-electron chi connectivity index (χ0n) is 11.9. The molecule has 110 valence electrons. The summed E-state index contributed by atoms with van der Waals surface area (Å²) >= 11 is 3.31. The van der Waals surface area contributed by atoms with Gasteiger partial charge in [-0.1, -0.05) is 22.9 Å². The molecule has 1 aromatic rings. The van der Waals surface area contributed by atoms with E-state index in [9.17, 15) is 9.90 Å². The quantitative estimate of drug-likeness (QED) is 0.889. The first-order chi connectivity index (χ1) is 9.39. The summed E-state index contributed by atoms with van der Waals surface area (Å²) in [6.45, 7) is 4.98. The second kappa shape index (κ2) is 6.14. The molecule has 1 aromatic carbocycles. The summed E-state index contributed by atoms with van der Waals surface area (Å²) in [4.78, 5) is 14.5. The van der Waals surface area contributed by atoms with Gasteiger partial charge in [-0.2, -0.15) is 0 Å². The molecular formula is C15H21BrN2O2. The number of phenolic OH excluding ortho intramolecular Hbond substituents is 1. The lowest BCUT2D eigenvalue weighted by Crippen LogP contribution is -2.43. The van der Waals surface area contributed by atoms with Crippen molar-refractivity contribution in [2.24, 2.45) is 5.41 Å². The number of piperidine rings is 1. The van der Waals surface area contributed by atoms with Crippen LogP contribution in [0.25, 0.3) is 0 Å². The first-order valence-electron chi connectivity index (χ1n) is 6.85. The average Bonchev–Trinajstić information content (AvgIpc) is 2.43. The number of rotatable bonds is 3. The van der Waals surface area contributed by atoms with Gasteiger partial charge in [-0.25, -0.2) is 0 Å². The molecule has 0 atom stereocenters. The van der Waals surface area contributed by atoms with Crippen molar-refractivity contribution in [3.8, 4) is 5.75 Å². The Morgan fingerprint density at radius 3 is 2.75 bits per heavy atom. The first kappa shape index (κ1) is 15.3. The fraction of sp³-hybridized carbons (Fsp3) is 0.533. The number of hydrogen-bond acceptors (Lipinski definition) is 3. The van der Waals surface area contributed by atoms with Crippen LogP contribution in [-0.2, 0) is 0 Å². The predicted octanol–water partition coefficient (Wildman–Crippen LogP) is 2.62. The zero-order chi connectivity index (χ0) is 14.8. The molecule has 0 aliphatic carbocycles. The summed E-state index contributed by atoms with van der Waals surface area (Å²) in [7, 11) is 2.12. The molecule has 20 heavy (non-hydrogen) atoms. The molecule has 1 fully saturated rings. The Labute approximate surface area is 128 Å². The van der Waals surface area contributed by atoms with Crippen molar-refractivity contribution in [2.75, 3.05) is 26.7 Å². The Kier molecular flexibility index (Phi) is 4.70. The number of aromatic hydroxyl groups is 1. The number of carbonyl (C=O) groups is 1. The van der Waals surface area contributed by atoms with E-state index in [1.54, 1.807) is 12.1 Å². The van der Waals surface area contributed by atoms with Gasteiger partial charge < -0.3 is 15.3 Å². The molecule has 0 spiro atoms. The van der Waals surface area contributed by atoms with Crippen LogP contribution in [0, 0.1) is 5.41 Å². The number of halogens is 1. The van der Waals surface area contributed by atoms with E-state index in [0.29, 0.717) is 12.1 Å². The maximum absolute atomic E-state index is 12.2. The molecule has 2 N–H and O–H groups in total. The monoisotopic (exact) mass is 340 g/mol. The molecule has 4 nitrogen and oxygen atoms in total. The molecule has 1 aliphatic heterocycles. The van der Waals surface area contributed by atoms with Gasteiger partial charge in [0.25, 0.3) is 5.91 Å². The van der Waals surface area contributed by atoms with Crippen LogP contribution in [0.15, 0.2) is 22.7 Å². The summed E-state index contributed by atoms with van der Waals surface area (Å²) in [6, 6.07) is 4.88. The number of nitrogens with zero attached hydrogens (tertiary/aromatic N) is 1. The van der Waals surface area contributed by atoms with Crippen molar-refractivity contribution in [3.63, 3.8) is 0 Å². The second-order valence-corrected chi connectivity index (χ2v) is 6.87. The molecule has 1 heterocycles. The molecule has 5 heteroatoms. The lowest BCUT2D eigenvalue weighted by molar-refractivity contribution is 0.0889. The van der Waals surface area contributed by atoms with Crippen molar-refractivity contribution in [1.82, 2.24) is 10.2 Å². The Morgan fingerprint density at radius 1 is 1.45 bits per heavy atom. The molecule has 0 unspecified atom stereocenters. The normalized spacial score (nSPS) is 18.8. The van der Waals surface area contributed by atoms with Crippen LogP contribution < -0.4 is 5.32 Å². The summed E-state index contributed by atoms with van der Waals surface area (Å²) in [5.74, 6) is -0.205. The number of amides is 1. The van der Waals surface area contributed by atoms with Crippen LogP contribution in [0.2, 0.25) is 0 Å². The number of likely N-dealkylation sites (tertiary alicyclic amines) is 1. The van der Waals surface area contributed by atoms with E-state index < -0.39 is 0 Å². The highest BCUT2D eigenvalue weighted by Gasteiger charge is 2.29. The zero-order valence-corrected chi connectivity index (χ0v) is 13.5. The summed E-state index contributed by atoms with van der Waals surface area (Å²) in [6.07, 6.45) is 2.16. The third-order valence-corrected chi connectivity index (χ3v) is 4.57. The minimum absolute atomic E-state index is 0.0132. The van der Waals surface area contributed by atoms with Gasteiger partial charge in [-0.15, -0.1) is 0 Å². The van der Waals surface area contributed by atoms with Crippen LogP contribution >= 0.6 is 15.9 Å². The second-order valence-electron chi connectivity index (χ2n) is 5.96. The highest BCUT2D eigenvalue weighted by atomic mass is 79.9. The van der Waals surface area contributed by atoms with E-state index in [2.05, 4.69) is 40.1 Å². The lowest BCUT2D eigenvalue weighted by Gasteiger charge is -2.37. The van der Waals surface area contributed by atoms with Crippen LogP contribution in [0.5, 0.6) is 5.75 Å². The third-order valence-electron chi connectivity index (χ3n) is 4.07. The van der Waals surface area contributed by atoms with Gasteiger partial charge in [0.2, 0.25) is 0 Å². The highest BCUT2D eigenvalue weighted by molar-refractivity contribution is 9.10. The number of nitrogens with one attached hydrogen (secondary N) is 1. The molecule has 1 saturated heterocycles. The van der Waals surface area contributed by atoms with Crippen molar-refractivity contribution < 1.29 is 9.90 Å². The van der Waals surface area contributed by atoms with Gasteiger partial charge in [0.1, 0.15) is 5.75 Å². The first-order valence-corrected chi connectivity index (χ1v) is 7.64. The van der Waals surface area contributed by atoms with E-state index in [1.165, 1.54) is 6.07 Å². The number of phenols is 1. The van der Waals surface area contributed by atoms with Crippen molar-refractivity contribution in [2.45, 2.75) is 19.8 Å². The molecule has 0 aromatic heterocycles. The van der Waals surface area contributed by atoms with Gasteiger partial charge in [-0.3, -0.25) is 4.79 Å². The van der Waals surface area contributed by atoms with E-state index in [1.807, 2.05) is 0 Å². The lowest BCUT2D eigenvalue weighted by atomic mass is 9.80. The molecule has 0 radical (unpaired) electrons. The van der Waals surface area contributed by atoms with Crippen LogP contribution in [0.3, 0.4) is 0 Å². The SMILES string of the molecule is CN1CCC(C)(CNC(=O)c2cc(Br)ccc2O)CC1. The van der Waals surface area contributed by atoms with Crippen LogP contribution in [0.4, 0.5) is 0 Å². The number of carbonyl (C=O) groups excluding carboxylic acids is 1. The Bertz CT molecular complexity index is 497. The fourth-order valence-electron chi connectivity index (χ4n) is 2.41. The molecular weight excluding hydrogens is 320 g/mol. The molecule has 0 bridgehead atoms. The van der Waals surface area contributed by atoms with Gasteiger partial charge in [0.15, 0.2) is 0 Å². The van der Waals surface area contributed by atoms with Gasteiger partial charge >= 0.3 is 0 Å². The van der Waals surface area contributed by atoms with Gasteiger partial charge in [0.05, 0.1) is 5.56 Å². The Hall–Kier alpha value is -1.07. The van der Waals surface area contributed by atoms with Crippen molar-refractivity contribution >= 4 is 21.8 Å². The summed E-state index contributed by atoms with van der Waals surface area (Å²) in [5.41, 5.74) is 0.458. The van der Waals surface area contributed by atoms with Crippen LogP contribution in [0.1, 0.15) is 30.1 Å². The Balaban J connectivity index is 1.97. The highest BCUT2D eigenvalue weighted by Crippen LogP contribution is 2.30. The van der Waals surface area contributed by atoms with Crippen molar-refractivity contribution in [1.29, 1.82) is 0 Å². The Morgan fingerprint density at radius 2 is 2.10 bits per heavy atom. The standard InChI is InChI=1S/C15H21BrN2O2/c1-15(5-7-18(2)8-6-15)10-17-14(20)12-9-11(16)3-4-13(12)19/h3-4,9,19H,5-8,10H2,1-2H3,(H,17,20). The maximum Gasteiger partial charge on any atom is 0.255 e. The third kappa shape index (κ3) is 3.73. The predicted molar refractivity (Wildman–Crippen MR) is 83.0 cm³/mol. The molecule has 1 amide bonds. The molecule has 2 rings (SSSR count). The number of benzene rings is 1. The van der Waals surface area contributed by atoms with Crippen LogP contribution in [-0.4, -0.2) is 42.6 Å². The maximum atomic E-state index is 12.2. The largest absolute Gasteiger partial charge is 0.507 e. The topological polar surface area (TPSA) is 52.6 Å². The molecule has 0 saturated carbocycles. The molecule has 1 aliphatic rings. The van der Waals surface area contributed by atoms with Crippen molar-refractivity contribution in [3.05, 3.63) is 28.2 Å². The number of hydrogen-bond donors (Lipinski definition) is 2. The summed E-state index contributed by atoms with van der Waals surface area (Å²) < 4.78 is 0.783. The van der Waals surface area contributed by atoms with Gasteiger partial charge in [0, 0.05) is 11.0 Å². The van der Waals surface area contributed by atoms with E-state index >= 15 is 0 Å². The van der Waals surface area contributed by atoms with E-state index in [0.717, 1.165) is 30.4 Å². The smallest absolute Gasteiger partial charge is 0.255 e. The van der Waals surface area contributed by atoms with E-state index in [-0.39, 0.29) is 17.1 Å². The fourth-order valence-corrected chi connectivity index (χ4v) is 2.78. The minimum Gasteiger partial charge on any atom is -0.507 e.